The molecule has 9 nitrogen and oxygen atoms in total. The van der Waals surface area contributed by atoms with Crippen LogP contribution in [0.25, 0.3) is 0 Å². The summed E-state index contributed by atoms with van der Waals surface area (Å²) in [7, 11) is -3.92. The molecule has 4 rings (SSSR count). The number of rotatable bonds is 6. The molecule has 0 radical (unpaired) electrons. The quantitative estimate of drug-likeness (QED) is 0.482. The monoisotopic (exact) mass is 498 g/mol. The van der Waals surface area contributed by atoms with Gasteiger partial charge in [0.15, 0.2) is 0 Å². The van der Waals surface area contributed by atoms with Crippen molar-refractivity contribution in [1.82, 2.24) is 9.62 Å². The van der Waals surface area contributed by atoms with Gasteiger partial charge in [-0.15, -0.1) is 0 Å². The number of carbonyl (C=O) groups is 1. The molecule has 2 aromatic rings. The number of halogens is 2. The van der Waals surface area contributed by atoms with E-state index >= 15 is 0 Å². The highest BCUT2D eigenvalue weighted by molar-refractivity contribution is 7.89. The Morgan fingerprint density at radius 1 is 1.06 bits per heavy atom. The second-order valence-corrected chi connectivity index (χ2v) is 10.3. The van der Waals surface area contributed by atoms with E-state index in [1.165, 1.54) is 28.6 Å². The normalized spacial score (nSPS) is 17.2. The zero-order chi connectivity index (χ0) is 23.0. The number of hydrogen-bond donors (Lipinski definition) is 1. The molecule has 2 fully saturated rings. The number of sulfonamides is 1. The number of nitrogens with zero attached hydrogens (tertiary/aromatic N) is 3. The first kappa shape index (κ1) is 22.8. The van der Waals surface area contributed by atoms with E-state index in [-0.39, 0.29) is 64.3 Å². The van der Waals surface area contributed by atoms with Crippen LogP contribution in [0.5, 0.6) is 0 Å². The van der Waals surface area contributed by atoms with E-state index in [0.717, 1.165) is 12.8 Å². The minimum absolute atomic E-state index is 0.0376. The van der Waals surface area contributed by atoms with Crippen LogP contribution >= 0.6 is 23.2 Å². The third kappa shape index (κ3) is 4.54. The molecule has 2 aromatic carbocycles. The molecule has 32 heavy (non-hydrogen) atoms. The van der Waals surface area contributed by atoms with Gasteiger partial charge in [0.1, 0.15) is 10.6 Å². The van der Waals surface area contributed by atoms with Gasteiger partial charge in [-0.1, -0.05) is 29.3 Å². The van der Waals surface area contributed by atoms with Crippen molar-refractivity contribution < 1.29 is 18.1 Å². The molecular formula is C20H20Cl2N4O5S. The summed E-state index contributed by atoms with van der Waals surface area (Å²) in [5, 5.41) is 14.6. The molecule has 0 bridgehead atoms. The first-order valence-electron chi connectivity index (χ1n) is 9.97. The van der Waals surface area contributed by atoms with E-state index in [9.17, 15) is 23.3 Å². The number of carbonyl (C=O) groups excluding carboxylic acids is 1. The molecule has 1 aliphatic heterocycles. The van der Waals surface area contributed by atoms with Crippen LogP contribution in [-0.2, 0) is 10.0 Å². The van der Waals surface area contributed by atoms with Gasteiger partial charge >= 0.3 is 0 Å². The van der Waals surface area contributed by atoms with Gasteiger partial charge in [-0.2, -0.15) is 4.31 Å². The van der Waals surface area contributed by atoms with Crippen LogP contribution in [-0.4, -0.2) is 55.8 Å². The maximum atomic E-state index is 13.0. The van der Waals surface area contributed by atoms with Crippen LogP contribution in [0.2, 0.25) is 10.0 Å². The van der Waals surface area contributed by atoms with Gasteiger partial charge in [0.2, 0.25) is 10.0 Å². The summed E-state index contributed by atoms with van der Waals surface area (Å²) in [5.74, 6) is -0.338. The van der Waals surface area contributed by atoms with Gasteiger partial charge in [-0.3, -0.25) is 14.9 Å². The fraction of sp³-hybridized carbons (Fsp3) is 0.350. The minimum Gasteiger partial charge on any atom is -0.363 e. The number of anilines is 1. The van der Waals surface area contributed by atoms with E-state index in [0.29, 0.717) is 5.69 Å². The average Bonchev–Trinajstić information content (AvgIpc) is 3.57. The summed E-state index contributed by atoms with van der Waals surface area (Å²) in [4.78, 5) is 25.0. The van der Waals surface area contributed by atoms with E-state index in [1.807, 2.05) is 0 Å². The highest BCUT2D eigenvalue weighted by Crippen LogP contribution is 2.34. The molecule has 1 saturated heterocycles. The summed E-state index contributed by atoms with van der Waals surface area (Å²) >= 11 is 12.2. The molecule has 0 unspecified atom stereocenters. The smallest absolute Gasteiger partial charge is 0.293 e. The Kier molecular flexibility index (Phi) is 6.30. The maximum absolute atomic E-state index is 13.0. The maximum Gasteiger partial charge on any atom is 0.293 e. The standard InChI is InChI=1S/C20H20Cl2N4O5S/c21-15-2-1-3-16(22)19(15)32(30,31)25-10-8-24(9-11-25)17-7-4-13(12-18(17)26(28)29)20(27)23-14-5-6-14/h1-4,7,12,14H,5-6,8-11H2,(H,23,27). The Hall–Kier alpha value is -2.40. The van der Waals surface area contributed by atoms with Crippen molar-refractivity contribution in [2.24, 2.45) is 0 Å². The Labute approximate surface area is 195 Å². The van der Waals surface area contributed by atoms with Crippen molar-refractivity contribution in [2.45, 2.75) is 23.8 Å². The minimum atomic E-state index is -3.92. The largest absolute Gasteiger partial charge is 0.363 e. The fourth-order valence-corrected chi connectivity index (χ4v) is 6.12. The van der Waals surface area contributed by atoms with Crippen LogP contribution in [0.1, 0.15) is 23.2 Å². The van der Waals surface area contributed by atoms with Crippen molar-refractivity contribution in [2.75, 3.05) is 31.1 Å². The van der Waals surface area contributed by atoms with Crippen LogP contribution in [0, 0.1) is 10.1 Å². The summed E-state index contributed by atoms with van der Waals surface area (Å²) in [6, 6.07) is 8.97. The van der Waals surface area contributed by atoms with E-state index < -0.39 is 14.9 Å². The van der Waals surface area contributed by atoms with Crippen LogP contribution < -0.4 is 10.2 Å². The Morgan fingerprint density at radius 2 is 1.69 bits per heavy atom. The topological polar surface area (TPSA) is 113 Å². The van der Waals surface area contributed by atoms with E-state index in [1.54, 1.807) is 17.0 Å². The zero-order valence-electron chi connectivity index (χ0n) is 16.8. The third-order valence-electron chi connectivity index (χ3n) is 5.44. The number of piperazine rings is 1. The molecule has 1 saturated carbocycles. The molecule has 1 heterocycles. The van der Waals surface area contributed by atoms with Gasteiger partial charge in [0.05, 0.1) is 15.0 Å². The van der Waals surface area contributed by atoms with Crippen molar-refractivity contribution in [3.05, 3.63) is 62.1 Å². The SMILES string of the molecule is O=C(NC1CC1)c1ccc(N2CCN(S(=O)(=O)c3c(Cl)cccc3Cl)CC2)c([N+](=O)[O-])c1. The lowest BCUT2D eigenvalue weighted by atomic mass is 10.1. The first-order valence-corrected chi connectivity index (χ1v) is 12.2. The lowest BCUT2D eigenvalue weighted by Gasteiger charge is -2.35. The van der Waals surface area contributed by atoms with Gasteiger partial charge in [0, 0.05) is 43.9 Å². The number of nitro benzene ring substituents is 1. The molecule has 1 N–H and O–H groups in total. The number of hydrogen-bond acceptors (Lipinski definition) is 6. The number of amides is 1. The summed E-state index contributed by atoms with van der Waals surface area (Å²) in [6.45, 7) is 0.668. The fourth-order valence-electron chi connectivity index (χ4n) is 3.60. The highest BCUT2D eigenvalue weighted by Gasteiger charge is 2.33. The molecule has 1 aliphatic carbocycles. The van der Waals surface area contributed by atoms with Crippen molar-refractivity contribution >= 4 is 50.5 Å². The van der Waals surface area contributed by atoms with Crippen LogP contribution in [0.4, 0.5) is 11.4 Å². The predicted octanol–water partition coefficient (Wildman–Crippen LogP) is 3.30. The lowest BCUT2D eigenvalue weighted by molar-refractivity contribution is -0.384. The Bertz CT molecular complexity index is 1160. The second-order valence-electron chi connectivity index (χ2n) is 7.65. The highest BCUT2D eigenvalue weighted by atomic mass is 35.5. The lowest BCUT2D eigenvalue weighted by Crippen LogP contribution is -2.49. The van der Waals surface area contributed by atoms with Crippen molar-refractivity contribution in [1.29, 1.82) is 0 Å². The summed E-state index contributed by atoms with van der Waals surface area (Å²) in [6.07, 6.45) is 1.83. The molecule has 12 heteroatoms. The van der Waals surface area contributed by atoms with E-state index in [4.69, 9.17) is 23.2 Å². The summed E-state index contributed by atoms with van der Waals surface area (Å²) < 4.78 is 27.4. The Balaban J connectivity index is 1.52. The molecule has 2 aliphatic rings. The molecule has 170 valence electrons. The molecule has 0 spiro atoms. The van der Waals surface area contributed by atoms with Gasteiger partial charge in [0.25, 0.3) is 11.6 Å². The predicted molar refractivity (Wildman–Crippen MR) is 121 cm³/mol. The number of nitrogens with one attached hydrogen (secondary N) is 1. The molecule has 0 atom stereocenters. The Morgan fingerprint density at radius 3 is 2.25 bits per heavy atom. The second kappa shape index (κ2) is 8.86. The van der Waals surface area contributed by atoms with E-state index in [2.05, 4.69) is 5.32 Å². The number of nitro groups is 1. The van der Waals surface area contributed by atoms with Crippen LogP contribution in [0.15, 0.2) is 41.3 Å². The van der Waals surface area contributed by atoms with Gasteiger partial charge in [-0.25, -0.2) is 8.42 Å². The van der Waals surface area contributed by atoms with Crippen molar-refractivity contribution in [3.8, 4) is 0 Å². The van der Waals surface area contributed by atoms with Crippen LogP contribution in [0.3, 0.4) is 0 Å². The zero-order valence-corrected chi connectivity index (χ0v) is 19.2. The average molecular weight is 499 g/mol. The first-order chi connectivity index (χ1) is 15.2. The summed E-state index contributed by atoms with van der Waals surface area (Å²) in [5.41, 5.74) is 0.367. The molecular weight excluding hydrogens is 479 g/mol. The van der Waals surface area contributed by atoms with Gasteiger partial charge in [-0.05, 0) is 37.1 Å². The number of benzene rings is 2. The molecule has 1 amide bonds. The molecule has 0 aromatic heterocycles. The third-order valence-corrected chi connectivity index (χ3v) is 8.30. The van der Waals surface area contributed by atoms with Gasteiger partial charge < -0.3 is 10.2 Å². The van der Waals surface area contributed by atoms with Crippen molar-refractivity contribution in [3.63, 3.8) is 0 Å².